The number of carbonyl (C=O) groups is 1. The minimum Gasteiger partial charge on any atom is -0.326 e. The van der Waals surface area contributed by atoms with E-state index in [-0.39, 0.29) is 17.9 Å². The maximum atomic E-state index is 13.5. The molecular formula is C16H14BrF2NO. The van der Waals surface area contributed by atoms with Gasteiger partial charge >= 0.3 is 0 Å². The van der Waals surface area contributed by atoms with E-state index in [2.05, 4.69) is 21.2 Å². The molecular weight excluding hydrogens is 340 g/mol. The molecule has 0 bridgehead atoms. The zero-order chi connectivity index (χ0) is 15.2. The van der Waals surface area contributed by atoms with Crippen molar-refractivity contribution in [3.8, 4) is 0 Å². The Morgan fingerprint density at radius 3 is 2.48 bits per heavy atom. The molecule has 2 nitrogen and oxygen atoms in total. The molecule has 0 fully saturated rings. The van der Waals surface area contributed by atoms with Crippen molar-refractivity contribution in [2.75, 3.05) is 10.6 Å². The van der Waals surface area contributed by atoms with Crippen LogP contribution in [0.15, 0.2) is 42.5 Å². The van der Waals surface area contributed by atoms with Gasteiger partial charge in [0, 0.05) is 16.6 Å². The first-order valence-corrected chi connectivity index (χ1v) is 7.60. The van der Waals surface area contributed by atoms with Crippen LogP contribution in [0, 0.1) is 11.6 Å². The number of halogens is 3. The number of anilines is 1. The standard InChI is InChI=1S/C16H14BrF2NO/c17-9-8-11-4-6-13(7-5-11)20-15(21)10-12-2-1-3-14(18)16(12)19/h1-7H,8-10H2,(H,20,21). The summed E-state index contributed by atoms with van der Waals surface area (Å²) in [5.41, 5.74) is 1.83. The first-order valence-electron chi connectivity index (χ1n) is 6.48. The second-order valence-electron chi connectivity index (χ2n) is 4.57. The molecule has 0 atom stereocenters. The molecule has 0 aliphatic carbocycles. The number of amides is 1. The van der Waals surface area contributed by atoms with E-state index in [1.54, 1.807) is 12.1 Å². The van der Waals surface area contributed by atoms with Crippen LogP contribution in [-0.4, -0.2) is 11.2 Å². The molecule has 2 aromatic carbocycles. The molecule has 1 N–H and O–H groups in total. The number of carbonyl (C=O) groups excluding carboxylic acids is 1. The second-order valence-corrected chi connectivity index (χ2v) is 5.37. The largest absolute Gasteiger partial charge is 0.326 e. The molecule has 0 aromatic heterocycles. The van der Waals surface area contributed by atoms with Crippen molar-refractivity contribution in [3.63, 3.8) is 0 Å². The van der Waals surface area contributed by atoms with E-state index in [0.29, 0.717) is 5.69 Å². The van der Waals surface area contributed by atoms with Gasteiger partial charge in [-0.15, -0.1) is 0 Å². The third-order valence-corrected chi connectivity index (χ3v) is 3.40. The van der Waals surface area contributed by atoms with Gasteiger partial charge in [0.25, 0.3) is 0 Å². The van der Waals surface area contributed by atoms with E-state index in [0.717, 1.165) is 23.4 Å². The highest BCUT2D eigenvalue weighted by Gasteiger charge is 2.11. The van der Waals surface area contributed by atoms with Gasteiger partial charge in [0.15, 0.2) is 11.6 Å². The molecule has 0 aliphatic heterocycles. The van der Waals surface area contributed by atoms with E-state index in [9.17, 15) is 13.6 Å². The fourth-order valence-corrected chi connectivity index (χ4v) is 2.38. The molecule has 0 aliphatic rings. The lowest BCUT2D eigenvalue weighted by molar-refractivity contribution is -0.115. The highest BCUT2D eigenvalue weighted by Crippen LogP contribution is 2.14. The Bertz CT molecular complexity index is 629. The SMILES string of the molecule is O=C(Cc1cccc(F)c1F)Nc1ccc(CCBr)cc1. The molecule has 5 heteroatoms. The van der Waals surface area contributed by atoms with Gasteiger partial charge in [0.2, 0.25) is 5.91 Å². The number of benzene rings is 2. The van der Waals surface area contributed by atoms with Crippen LogP contribution in [0.3, 0.4) is 0 Å². The van der Waals surface area contributed by atoms with Gasteiger partial charge in [-0.05, 0) is 30.2 Å². The topological polar surface area (TPSA) is 29.1 Å². The highest BCUT2D eigenvalue weighted by atomic mass is 79.9. The monoisotopic (exact) mass is 353 g/mol. The maximum Gasteiger partial charge on any atom is 0.228 e. The molecule has 0 saturated heterocycles. The average Bonchev–Trinajstić information content (AvgIpc) is 2.46. The third-order valence-electron chi connectivity index (χ3n) is 3.00. The summed E-state index contributed by atoms with van der Waals surface area (Å²) >= 11 is 3.36. The first-order chi connectivity index (χ1) is 10.1. The number of nitrogens with one attached hydrogen (secondary N) is 1. The van der Waals surface area contributed by atoms with Crippen molar-refractivity contribution in [2.45, 2.75) is 12.8 Å². The first kappa shape index (κ1) is 15.6. The van der Waals surface area contributed by atoms with Crippen molar-refractivity contribution in [1.29, 1.82) is 0 Å². The summed E-state index contributed by atoms with van der Waals surface area (Å²) in [5.74, 6) is -2.30. The lowest BCUT2D eigenvalue weighted by atomic mass is 10.1. The number of hydrogen-bond acceptors (Lipinski definition) is 1. The predicted molar refractivity (Wildman–Crippen MR) is 82.6 cm³/mol. The third kappa shape index (κ3) is 4.36. The Balaban J connectivity index is 1.99. The lowest BCUT2D eigenvalue weighted by Gasteiger charge is -2.07. The average molecular weight is 354 g/mol. The van der Waals surface area contributed by atoms with Crippen molar-refractivity contribution in [1.82, 2.24) is 0 Å². The number of alkyl halides is 1. The van der Waals surface area contributed by atoms with Gasteiger partial charge in [-0.1, -0.05) is 40.2 Å². The van der Waals surface area contributed by atoms with Crippen LogP contribution >= 0.6 is 15.9 Å². The fraction of sp³-hybridized carbons (Fsp3) is 0.188. The van der Waals surface area contributed by atoms with Gasteiger partial charge in [-0.3, -0.25) is 4.79 Å². The maximum absolute atomic E-state index is 13.5. The van der Waals surface area contributed by atoms with Crippen LogP contribution in [0.5, 0.6) is 0 Å². The fourth-order valence-electron chi connectivity index (χ4n) is 1.93. The Kier molecular flexibility index (Phi) is 5.44. The highest BCUT2D eigenvalue weighted by molar-refractivity contribution is 9.09. The molecule has 2 rings (SSSR count). The van der Waals surface area contributed by atoms with E-state index in [1.807, 2.05) is 12.1 Å². The molecule has 0 spiro atoms. The molecule has 2 aromatic rings. The van der Waals surface area contributed by atoms with Crippen molar-refractivity contribution in [3.05, 3.63) is 65.2 Å². The Morgan fingerprint density at radius 1 is 1.10 bits per heavy atom. The Hall–Kier alpha value is -1.75. The van der Waals surface area contributed by atoms with E-state index < -0.39 is 11.6 Å². The van der Waals surface area contributed by atoms with Gasteiger partial charge in [0.1, 0.15) is 0 Å². The van der Waals surface area contributed by atoms with Crippen molar-refractivity contribution >= 4 is 27.5 Å². The van der Waals surface area contributed by atoms with Gasteiger partial charge in [-0.25, -0.2) is 8.78 Å². The summed E-state index contributed by atoms with van der Waals surface area (Å²) in [6.45, 7) is 0. The molecule has 110 valence electrons. The summed E-state index contributed by atoms with van der Waals surface area (Å²) in [4.78, 5) is 11.8. The number of aryl methyl sites for hydroxylation is 1. The molecule has 0 radical (unpaired) electrons. The molecule has 0 saturated carbocycles. The summed E-state index contributed by atoms with van der Waals surface area (Å²) in [6, 6.07) is 11.2. The van der Waals surface area contributed by atoms with Gasteiger partial charge in [0.05, 0.1) is 6.42 Å². The molecule has 0 unspecified atom stereocenters. The second kappa shape index (κ2) is 7.31. The van der Waals surface area contributed by atoms with Crippen molar-refractivity contribution < 1.29 is 13.6 Å². The summed E-state index contributed by atoms with van der Waals surface area (Å²) < 4.78 is 26.5. The van der Waals surface area contributed by atoms with Crippen LogP contribution in [0.4, 0.5) is 14.5 Å². The van der Waals surface area contributed by atoms with Gasteiger partial charge in [-0.2, -0.15) is 0 Å². The van der Waals surface area contributed by atoms with E-state index >= 15 is 0 Å². The Morgan fingerprint density at radius 2 is 1.81 bits per heavy atom. The zero-order valence-corrected chi connectivity index (χ0v) is 12.8. The minimum atomic E-state index is -0.972. The van der Waals surface area contributed by atoms with Crippen molar-refractivity contribution in [2.24, 2.45) is 0 Å². The van der Waals surface area contributed by atoms with Crippen LogP contribution in [0.1, 0.15) is 11.1 Å². The Labute approximate surface area is 130 Å². The zero-order valence-electron chi connectivity index (χ0n) is 11.2. The van der Waals surface area contributed by atoms with Crippen LogP contribution in [0.25, 0.3) is 0 Å². The quantitative estimate of drug-likeness (QED) is 0.806. The summed E-state index contributed by atoms with van der Waals surface area (Å²) in [5, 5.41) is 3.54. The number of rotatable bonds is 5. The smallest absolute Gasteiger partial charge is 0.228 e. The minimum absolute atomic E-state index is 0.0448. The summed E-state index contributed by atoms with van der Waals surface area (Å²) in [6.07, 6.45) is 0.704. The molecule has 21 heavy (non-hydrogen) atoms. The molecule has 1 amide bonds. The predicted octanol–water partition coefficient (Wildman–Crippen LogP) is 4.08. The van der Waals surface area contributed by atoms with E-state index in [4.69, 9.17) is 0 Å². The van der Waals surface area contributed by atoms with E-state index in [1.165, 1.54) is 12.1 Å². The number of hydrogen-bond donors (Lipinski definition) is 1. The lowest BCUT2D eigenvalue weighted by Crippen LogP contribution is -2.15. The molecule has 0 heterocycles. The normalized spacial score (nSPS) is 10.4. The van der Waals surface area contributed by atoms with Crippen LogP contribution in [0.2, 0.25) is 0 Å². The van der Waals surface area contributed by atoms with Gasteiger partial charge < -0.3 is 5.32 Å². The summed E-state index contributed by atoms with van der Waals surface area (Å²) in [7, 11) is 0. The van der Waals surface area contributed by atoms with Crippen LogP contribution in [-0.2, 0) is 17.6 Å². The van der Waals surface area contributed by atoms with Crippen LogP contribution < -0.4 is 5.32 Å².